The van der Waals surface area contributed by atoms with E-state index in [0.29, 0.717) is 5.56 Å². The van der Waals surface area contributed by atoms with Gasteiger partial charge in [-0.15, -0.1) is 0 Å². The first-order valence-electron chi connectivity index (χ1n) is 6.90. The highest BCUT2D eigenvalue weighted by Gasteiger charge is 2.21. The summed E-state index contributed by atoms with van der Waals surface area (Å²) in [6, 6.07) is 15.9. The summed E-state index contributed by atoms with van der Waals surface area (Å²) >= 11 is 0. The van der Waals surface area contributed by atoms with E-state index in [9.17, 15) is 9.90 Å². The van der Waals surface area contributed by atoms with Crippen molar-refractivity contribution in [3.05, 3.63) is 65.2 Å². The van der Waals surface area contributed by atoms with Crippen LogP contribution < -0.4 is 4.90 Å². The lowest BCUT2D eigenvalue weighted by Gasteiger charge is -2.32. The summed E-state index contributed by atoms with van der Waals surface area (Å²) in [6.45, 7) is 1.81. The van der Waals surface area contributed by atoms with Gasteiger partial charge >= 0.3 is 5.97 Å². The third-order valence-electron chi connectivity index (χ3n) is 3.79. The van der Waals surface area contributed by atoms with Crippen LogP contribution in [0.15, 0.2) is 48.5 Å². The van der Waals surface area contributed by atoms with Gasteiger partial charge in [0.05, 0.1) is 5.56 Å². The number of benzene rings is 2. The summed E-state index contributed by atoms with van der Waals surface area (Å²) in [5, 5.41) is 9.30. The Labute approximate surface area is 118 Å². The molecule has 2 aromatic carbocycles. The van der Waals surface area contributed by atoms with Gasteiger partial charge in [-0.05, 0) is 36.1 Å². The SMILES string of the molecule is O=C(O)c1cccc2c1CCCN2Cc1ccccc1. The van der Waals surface area contributed by atoms with Crippen molar-refractivity contribution in [2.24, 2.45) is 0 Å². The number of anilines is 1. The summed E-state index contributed by atoms with van der Waals surface area (Å²) in [5.41, 5.74) is 3.74. The number of carbonyl (C=O) groups is 1. The summed E-state index contributed by atoms with van der Waals surface area (Å²) in [7, 11) is 0. The van der Waals surface area contributed by atoms with Gasteiger partial charge in [0.2, 0.25) is 0 Å². The average Bonchev–Trinajstić information content (AvgIpc) is 2.48. The second-order valence-electron chi connectivity index (χ2n) is 5.12. The molecule has 0 atom stereocenters. The lowest BCUT2D eigenvalue weighted by atomic mass is 9.96. The quantitative estimate of drug-likeness (QED) is 0.927. The molecular weight excluding hydrogens is 250 g/mol. The minimum Gasteiger partial charge on any atom is -0.478 e. The molecular formula is C17H17NO2. The van der Waals surface area contributed by atoms with Gasteiger partial charge in [-0.2, -0.15) is 0 Å². The van der Waals surface area contributed by atoms with Crippen LogP contribution in [0.3, 0.4) is 0 Å². The predicted molar refractivity (Wildman–Crippen MR) is 79.2 cm³/mol. The van der Waals surface area contributed by atoms with Crippen molar-refractivity contribution in [1.29, 1.82) is 0 Å². The Morgan fingerprint density at radius 3 is 2.65 bits per heavy atom. The van der Waals surface area contributed by atoms with E-state index >= 15 is 0 Å². The fraction of sp³-hybridized carbons (Fsp3) is 0.235. The second kappa shape index (κ2) is 5.37. The Balaban J connectivity index is 1.94. The molecule has 1 aliphatic rings. The van der Waals surface area contributed by atoms with E-state index in [1.54, 1.807) is 6.07 Å². The maximum Gasteiger partial charge on any atom is 0.336 e. The number of hydrogen-bond donors (Lipinski definition) is 1. The third kappa shape index (κ3) is 2.39. The summed E-state index contributed by atoms with van der Waals surface area (Å²) in [6.07, 6.45) is 1.85. The van der Waals surface area contributed by atoms with E-state index in [2.05, 4.69) is 17.0 Å². The summed E-state index contributed by atoms with van der Waals surface area (Å²) in [5.74, 6) is -0.830. The Hall–Kier alpha value is -2.29. The van der Waals surface area contributed by atoms with Crippen molar-refractivity contribution in [2.45, 2.75) is 19.4 Å². The van der Waals surface area contributed by atoms with Crippen molar-refractivity contribution in [3.63, 3.8) is 0 Å². The molecule has 0 saturated heterocycles. The van der Waals surface area contributed by atoms with Gasteiger partial charge in [0.15, 0.2) is 0 Å². The Morgan fingerprint density at radius 2 is 1.90 bits per heavy atom. The maximum atomic E-state index is 11.3. The van der Waals surface area contributed by atoms with Crippen LogP contribution in [-0.2, 0) is 13.0 Å². The highest BCUT2D eigenvalue weighted by molar-refractivity contribution is 5.91. The molecule has 1 N–H and O–H groups in total. The Kier molecular flexibility index (Phi) is 3.42. The number of carboxylic acids is 1. The molecule has 1 aliphatic heterocycles. The van der Waals surface area contributed by atoms with E-state index in [1.165, 1.54) is 5.56 Å². The molecule has 0 amide bonds. The number of hydrogen-bond acceptors (Lipinski definition) is 2. The lowest BCUT2D eigenvalue weighted by molar-refractivity contribution is 0.0695. The molecule has 0 fully saturated rings. The fourth-order valence-electron chi connectivity index (χ4n) is 2.87. The van der Waals surface area contributed by atoms with Crippen LogP contribution in [0.25, 0.3) is 0 Å². The molecule has 20 heavy (non-hydrogen) atoms. The van der Waals surface area contributed by atoms with Crippen molar-refractivity contribution in [1.82, 2.24) is 0 Å². The fourth-order valence-corrected chi connectivity index (χ4v) is 2.87. The van der Waals surface area contributed by atoms with E-state index in [-0.39, 0.29) is 0 Å². The highest BCUT2D eigenvalue weighted by atomic mass is 16.4. The van der Waals surface area contributed by atoms with Crippen LogP contribution in [0.1, 0.15) is 27.9 Å². The smallest absolute Gasteiger partial charge is 0.336 e. The van der Waals surface area contributed by atoms with Crippen LogP contribution in [0.2, 0.25) is 0 Å². The normalized spacial score (nSPS) is 13.9. The first-order chi connectivity index (χ1) is 9.75. The van der Waals surface area contributed by atoms with Crippen molar-refractivity contribution in [3.8, 4) is 0 Å². The highest BCUT2D eigenvalue weighted by Crippen LogP contribution is 2.31. The average molecular weight is 267 g/mol. The van der Waals surface area contributed by atoms with Crippen LogP contribution in [0.5, 0.6) is 0 Å². The van der Waals surface area contributed by atoms with E-state index in [4.69, 9.17) is 0 Å². The molecule has 3 nitrogen and oxygen atoms in total. The zero-order valence-electron chi connectivity index (χ0n) is 11.2. The molecule has 1 heterocycles. The summed E-state index contributed by atoms with van der Waals surface area (Å²) in [4.78, 5) is 13.6. The van der Waals surface area contributed by atoms with Gasteiger partial charge in [0, 0.05) is 18.8 Å². The van der Waals surface area contributed by atoms with Gasteiger partial charge in [-0.3, -0.25) is 0 Å². The Morgan fingerprint density at radius 1 is 1.10 bits per heavy atom. The first-order valence-corrected chi connectivity index (χ1v) is 6.90. The first kappa shape index (κ1) is 12.7. The maximum absolute atomic E-state index is 11.3. The molecule has 0 unspecified atom stereocenters. The molecule has 2 aromatic rings. The monoisotopic (exact) mass is 267 g/mol. The van der Waals surface area contributed by atoms with Gasteiger partial charge in [-0.1, -0.05) is 36.4 Å². The van der Waals surface area contributed by atoms with Crippen molar-refractivity contribution < 1.29 is 9.90 Å². The zero-order chi connectivity index (χ0) is 13.9. The number of aromatic carboxylic acids is 1. The van der Waals surface area contributed by atoms with Crippen LogP contribution >= 0.6 is 0 Å². The number of carboxylic acid groups (broad SMARTS) is 1. The molecule has 3 heteroatoms. The minimum absolute atomic E-state index is 0.445. The summed E-state index contributed by atoms with van der Waals surface area (Å²) < 4.78 is 0. The lowest BCUT2D eigenvalue weighted by Crippen LogP contribution is -2.29. The molecule has 0 radical (unpaired) electrons. The van der Waals surface area contributed by atoms with Crippen molar-refractivity contribution in [2.75, 3.05) is 11.4 Å². The molecule has 0 aromatic heterocycles. The Bertz CT molecular complexity index is 622. The standard InChI is InChI=1S/C17H17NO2/c19-17(20)15-8-4-10-16-14(15)9-5-11-18(16)12-13-6-2-1-3-7-13/h1-4,6-8,10H,5,9,11-12H2,(H,19,20). The van der Waals surface area contributed by atoms with E-state index < -0.39 is 5.97 Å². The topological polar surface area (TPSA) is 40.5 Å². The van der Waals surface area contributed by atoms with Gasteiger partial charge in [-0.25, -0.2) is 4.79 Å². The van der Waals surface area contributed by atoms with E-state index in [1.807, 2.05) is 30.3 Å². The van der Waals surface area contributed by atoms with Crippen LogP contribution in [0.4, 0.5) is 5.69 Å². The van der Waals surface area contributed by atoms with Crippen molar-refractivity contribution >= 4 is 11.7 Å². The zero-order valence-corrected chi connectivity index (χ0v) is 11.2. The molecule has 3 rings (SSSR count). The number of rotatable bonds is 3. The minimum atomic E-state index is -0.830. The second-order valence-corrected chi connectivity index (χ2v) is 5.12. The van der Waals surface area contributed by atoms with Gasteiger partial charge in [0.1, 0.15) is 0 Å². The largest absolute Gasteiger partial charge is 0.478 e. The molecule has 0 saturated carbocycles. The molecule has 0 aliphatic carbocycles. The molecule has 102 valence electrons. The number of fused-ring (bicyclic) bond motifs is 1. The predicted octanol–water partition coefficient (Wildman–Crippen LogP) is 3.34. The van der Waals surface area contributed by atoms with Crippen LogP contribution in [0, 0.1) is 0 Å². The van der Waals surface area contributed by atoms with E-state index in [0.717, 1.165) is 37.2 Å². The molecule has 0 spiro atoms. The number of nitrogens with zero attached hydrogens (tertiary/aromatic N) is 1. The third-order valence-corrected chi connectivity index (χ3v) is 3.79. The van der Waals surface area contributed by atoms with Gasteiger partial charge in [0.25, 0.3) is 0 Å². The van der Waals surface area contributed by atoms with Crippen LogP contribution in [-0.4, -0.2) is 17.6 Å². The van der Waals surface area contributed by atoms with Gasteiger partial charge < -0.3 is 10.0 Å². The molecule has 0 bridgehead atoms.